The summed E-state index contributed by atoms with van der Waals surface area (Å²) < 4.78 is 5.79. The van der Waals surface area contributed by atoms with E-state index in [9.17, 15) is 4.79 Å². The Hall–Kier alpha value is -1.75. The Morgan fingerprint density at radius 2 is 2.00 bits per heavy atom. The first-order chi connectivity index (χ1) is 11.0. The zero-order chi connectivity index (χ0) is 16.4. The molecule has 0 unspecified atom stereocenters. The summed E-state index contributed by atoms with van der Waals surface area (Å²) in [5.41, 5.74) is 0.749. The molecule has 1 N–H and O–H groups in total. The van der Waals surface area contributed by atoms with Crippen molar-refractivity contribution in [3.05, 3.63) is 24.3 Å². The molecule has 2 aliphatic rings. The number of urea groups is 1. The van der Waals surface area contributed by atoms with Crippen LogP contribution >= 0.6 is 0 Å². The molecule has 0 radical (unpaired) electrons. The number of hydrogen-bond acceptors (Lipinski definition) is 3. The van der Waals surface area contributed by atoms with Gasteiger partial charge < -0.3 is 19.9 Å². The molecule has 0 spiro atoms. The number of amides is 2. The minimum Gasteiger partial charge on any atom is -0.489 e. The third-order valence-corrected chi connectivity index (χ3v) is 4.82. The number of rotatable bonds is 3. The van der Waals surface area contributed by atoms with Crippen molar-refractivity contribution < 1.29 is 9.53 Å². The monoisotopic (exact) mass is 317 g/mol. The molecule has 0 aliphatic carbocycles. The number of benzene rings is 1. The lowest BCUT2D eigenvalue weighted by atomic mass is 9.92. The second-order valence-electron chi connectivity index (χ2n) is 6.95. The zero-order valence-corrected chi connectivity index (χ0v) is 14.3. The lowest BCUT2D eigenvalue weighted by Gasteiger charge is -2.36. The Balaban J connectivity index is 1.70. The van der Waals surface area contributed by atoms with Crippen LogP contribution in [0.3, 0.4) is 0 Å². The molecule has 5 heteroatoms. The van der Waals surface area contributed by atoms with E-state index in [1.165, 1.54) is 6.42 Å². The van der Waals surface area contributed by atoms with Crippen LogP contribution < -0.4 is 10.1 Å². The second kappa shape index (κ2) is 6.79. The molecule has 2 saturated heterocycles. The molecule has 1 aromatic rings. The molecule has 1 aromatic carbocycles. The average Bonchev–Trinajstić information content (AvgIpc) is 2.91. The first-order valence-corrected chi connectivity index (χ1v) is 8.56. The van der Waals surface area contributed by atoms with Crippen LogP contribution in [0.4, 0.5) is 10.5 Å². The molecule has 2 amide bonds. The van der Waals surface area contributed by atoms with Gasteiger partial charge in [0.05, 0.1) is 11.8 Å². The molecule has 2 fully saturated rings. The number of nitrogens with zero attached hydrogens (tertiary/aromatic N) is 2. The normalized spacial score (nSPS) is 24.6. The van der Waals surface area contributed by atoms with Gasteiger partial charge in [-0.05, 0) is 58.3 Å². The topological polar surface area (TPSA) is 44.8 Å². The number of likely N-dealkylation sites (tertiary alicyclic amines) is 2. The molecular weight excluding hydrogens is 290 g/mol. The molecule has 0 aromatic heterocycles. The quantitative estimate of drug-likeness (QED) is 0.932. The van der Waals surface area contributed by atoms with E-state index < -0.39 is 0 Å². The van der Waals surface area contributed by atoms with Crippen LogP contribution in [-0.4, -0.2) is 54.7 Å². The van der Waals surface area contributed by atoms with E-state index in [0.717, 1.165) is 37.5 Å². The van der Waals surface area contributed by atoms with Crippen molar-refractivity contribution in [2.45, 2.75) is 38.8 Å². The highest BCUT2D eigenvalue weighted by Crippen LogP contribution is 2.32. The van der Waals surface area contributed by atoms with Crippen molar-refractivity contribution in [1.29, 1.82) is 0 Å². The average molecular weight is 317 g/mol. The van der Waals surface area contributed by atoms with Crippen LogP contribution in [-0.2, 0) is 0 Å². The van der Waals surface area contributed by atoms with Crippen molar-refractivity contribution >= 4 is 11.7 Å². The number of hydrogen-bond donors (Lipinski definition) is 1. The number of fused-ring (bicyclic) bond motifs is 1. The number of carbonyl (C=O) groups excluding carboxylic acids is 1. The molecule has 0 saturated carbocycles. The Morgan fingerprint density at radius 3 is 2.78 bits per heavy atom. The first kappa shape index (κ1) is 16.1. The van der Waals surface area contributed by atoms with Gasteiger partial charge in [-0.25, -0.2) is 4.79 Å². The summed E-state index contributed by atoms with van der Waals surface area (Å²) in [6.07, 6.45) is 2.39. The van der Waals surface area contributed by atoms with E-state index in [2.05, 4.69) is 17.3 Å². The number of para-hydroxylation sites is 2. The molecule has 2 aliphatic heterocycles. The molecule has 3 rings (SSSR count). The minimum absolute atomic E-state index is 0.00685. The standard InChI is InChI=1S/C18H27N3O2/c1-13(2)23-17-7-5-4-6-15(17)19-18(22)21-11-9-14-8-10-20(3)12-16(14)21/h4-7,13-14,16H,8-12H2,1-3H3,(H,19,22)/t14-,16+/m1/s1. The van der Waals surface area contributed by atoms with Gasteiger partial charge in [0.1, 0.15) is 5.75 Å². The maximum absolute atomic E-state index is 12.8. The highest BCUT2D eigenvalue weighted by Gasteiger charge is 2.39. The van der Waals surface area contributed by atoms with Crippen molar-refractivity contribution in [3.63, 3.8) is 0 Å². The van der Waals surface area contributed by atoms with Crippen LogP contribution in [0.1, 0.15) is 26.7 Å². The van der Waals surface area contributed by atoms with Crippen molar-refractivity contribution in [3.8, 4) is 5.75 Å². The largest absolute Gasteiger partial charge is 0.489 e. The molecule has 2 heterocycles. The highest BCUT2D eigenvalue weighted by molar-refractivity contribution is 5.91. The van der Waals surface area contributed by atoms with Gasteiger partial charge in [0.15, 0.2) is 0 Å². The fourth-order valence-electron chi connectivity index (χ4n) is 3.66. The number of piperidine rings is 1. The van der Waals surface area contributed by atoms with Gasteiger partial charge in [-0.3, -0.25) is 0 Å². The van der Waals surface area contributed by atoms with E-state index in [1.54, 1.807) is 0 Å². The first-order valence-electron chi connectivity index (χ1n) is 8.56. The van der Waals surface area contributed by atoms with Crippen molar-refractivity contribution in [2.75, 3.05) is 32.0 Å². The minimum atomic E-state index is -0.00685. The molecule has 5 nitrogen and oxygen atoms in total. The van der Waals surface area contributed by atoms with Crippen LogP contribution in [0.2, 0.25) is 0 Å². The number of nitrogens with one attached hydrogen (secondary N) is 1. The van der Waals surface area contributed by atoms with Gasteiger partial charge >= 0.3 is 6.03 Å². The summed E-state index contributed by atoms with van der Waals surface area (Å²) in [6, 6.07) is 7.98. The van der Waals surface area contributed by atoms with Crippen molar-refractivity contribution in [1.82, 2.24) is 9.80 Å². The van der Waals surface area contributed by atoms with E-state index in [4.69, 9.17) is 4.74 Å². The van der Waals surface area contributed by atoms with Crippen LogP contribution in [0.15, 0.2) is 24.3 Å². The summed E-state index contributed by atoms with van der Waals surface area (Å²) in [5, 5.41) is 3.05. The lowest BCUT2D eigenvalue weighted by Crippen LogP contribution is -2.49. The predicted molar refractivity (Wildman–Crippen MR) is 91.9 cm³/mol. The fraction of sp³-hybridized carbons (Fsp3) is 0.611. The summed E-state index contributed by atoms with van der Waals surface area (Å²) in [7, 11) is 2.14. The Bertz CT molecular complexity index is 561. The van der Waals surface area contributed by atoms with Crippen molar-refractivity contribution in [2.24, 2.45) is 5.92 Å². The summed E-state index contributed by atoms with van der Waals surface area (Å²) in [4.78, 5) is 17.1. The Kier molecular flexibility index (Phi) is 4.76. The second-order valence-corrected chi connectivity index (χ2v) is 6.95. The highest BCUT2D eigenvalue weighted by atomic mass is 16.5. The molecule has 126 valence electrons. The molecular formula is C18H27N3O2. The fourth-order valence-corrected chi connectivity index (χ4v) is 3.66. The zero-order valence-electron chi connectivity index (χ0n) is 14.3. The maximum Gasteiger partial charge on any atom is 0.322 e. The number of anilines is 1. The van der Waals surface area contributed by atoms with Gasteiger partial charge in [-0.1, -0.05) is 12.1 Å². The van der Waals surface area contributed by atoms with E-state index in [0.29, 0.717) is 12.0 Å². The van der Waals surface area contributed by atoms with Gasteiger partial charge in [-0.2, -0.15) is 0 Å². The number of ether oxygens (including phenoxy) is 1. The summed E-state index contributed by atoms with van der Waals surface area (Å²) in [5.74, 6) is 1.38. The number of likely N-dealkylation sites (N-methyl/N-ethyl adjacent to an activating group) is 1. The summed E-state index contributed by atoms with van der Waals surface area (Å²) >= 11 is 0. The van der Waals surface area contributed by atoms with Gasteiger partial charge in [-0.15, -0.1) is 0 Å². The summed E-state index contributed by atoms with van der Waals surface area (Å²) in [6.45, 7) is 6.94. The molecule has 2 atom stereocenters. The molecule has 0 bridgehead atoms. The molecule has 23 heavy (non-hydrogen) atoms. The van der Waals surface area contributed by atoms with Gasteiger partial charge in [0.25, 0.3) is 0 Å². The Labute approximate surface area is 138 Å². The smallest absolute Gasteiger partial charge is 0.322 e. The van der Waals surface area contributed by atoms with E-state index in [1.807, 2.05) is 43.0 Å². The van der Waals surface area contributed by atoms with Crippen LogP contribution in [0, 0.1) is 5.92 Å². The third-order valence-electron chi connectivity index (χ3n) is 4.82. The van der Waals surface area contributed by atoms with Gasteiger partial charge in [0, 0.05) is 19.1 Å². The van der Waals surface area contributed by atoms with Crippen LogP contribution in [0.25, 0.3) is 0 Å². The Morgan fingerprint density at radius 1 is 1.26 bits per heavy atom. The van der Waals surface area contributed by atoms with Crippen LogP contribution in [0.5, 0.6) is 5.75 Å². The van der Waals surface area contributed by atoms with E-state index in [-0.39, 0.29) is 12.1 Å². The van der Waals surface area contributed by atoms with E-state index >= 15 is 0 Å². The third kappa shape index (κ3) is 3.61. The number of carbonyl (C=O) groups is 1. The van der Waals surface area contributed by atoms with Gasteiger partial charge in [0.2, 0.25) is 0 Å². The predicted octanol–water partition coefficient (Wildman–Crippen LogP) is 3.03. The lowest BCUT2D eigenvalue weighted by molar-refractivity contribution is 0.137. The maximum atomic E-state index is 12.8. The SMILES string of the molecule is CC(C)Oc1ccccc1NC(=O)N1CC[C@H]2CCN(C)C[C@@H]21.